The smallest absolute Gasteiger partial charge is 0.341 e. The number of carbonyl (C=O) groups excluding carboxylic acids is 3. The van der Waals surface area contributed by atoms with Gasteiger partial charge >= 0.3 is 5.97 Å². The Morgan fingerprint density at radius 1 is 1.08 bits per heavy atom. The lowest BCUT2D eigenvalue weighted by molar-refractivity contribution is -0.113. The van der Waals surface area contributed by atoms with Crippen molar-refractivity contribution in [1.29, 1.82) is 0 Å². The fraction of sp³-hybridized carbons (Fsp3) is 0.296. The number of anilines is 2. The number of fused-ring (bicyclic) bond motifs is 1. The van der Waals surface area contributed by atoms with Crippen LogP contribution in [0, 0.1) is 5.92 Å². The molecule has 0 bridgehead atoms. The van der Waals surface area contributed by atoms with E-state index in [0.717, 1.165) is 34.6 Å². The standard InChI is InChI=1S/C27H28N2O5S2/c1-16-7-12-21-22(13-16)36-26(24(21)27(32)34-3)29-23(30)15-35-20-6-4-5-18(14-20)28-25(31)17-8-10-19(33-2)11-9-17/h4-6,8-11,14,16H,7,12-13,15H2,1-3H3,(H,28,31)(H,29,30). The van der Waals surface area contributed by atoms with E-state index in [4.69, 9.17) is 9.47 Å². The number of amides is 2. The molecule has 1 heterocycles. The first-order chi connectivity index (χ1) is 17.4. The molecule has 1 aliphatic rings. The van der Waals surface area contributed by atoms with Gasteiger partial charge in [-0.15, -0.1) is 23.1 Å². The number of rotatable bonds is 8. The molecule has 0 radical (unpaired) electrons. The van der Waals surface area contributed by atoms with Gasteiger partial charge in [-0.3, -0.25) is 9.59 Å². The highest BCUT2D eigenvalue weighted by Crippen LogP contribution is 2.40. The largest absolute Gasteiger partial charge is 0.497 e. The van der Waals surface area contributed by atoms with Crippen molar-refractivity contribution in [3.63, 3.8) is 0 Å². The number of ether oxygens (including phenoxy) is 2. The molecular formula is C27H28N2O5S2. The second-order valence-corrected chi connectivity index (χ2v) is 10.7. The molecule has 1 aliphatic carbocycles. The second-order valence-electron chi connectivity index (χ2n) is 8.59. The molecule has 0 saturated carbocycles. The van der Waals surface area contributed by atoms with Gasteiger partial charge in [0.15, 0.2) is 0 Å². The Labute approximate surface area is 218 Å². The summed E-state index contributed by atoms with van der Waals surface area (Å²) in [6, 6.07) is 14.2. The minimum atomic E-state index is -0.412. The van der Waals surface area contributed by atoms with Gasteiger partial charge in [-0.2, -0.15) is 0 Å². The summed E-state index contributed by atoms with van der Waals surface area (Å²) < 4.78 is 10.1. The zero-order chi connectivity index (χ0) is 25.7. The molecule has 0 fully saturated rings. The Bertz CT molecular complexity index is 1270. The lowest BCUT2D eigenvalue weighted by atomic mass is 9.88. The third-order valence-corrected chi connectivity index (χ3v) is 8.13. The zero-order valence-electron chi connectivity index (χ0n) is 20.4. The van der Waals surface area contributed by atoms with E-state index in [-0.39, 0.29) is 17.6 Å². The molecule has 4 rings (SSSR count). The second kappa shape index (κ2) is 11.6. The number of benzene rings is 2. The van der Waals surface area contributed by atoms with Crippen LogP contribution in [0.3, 0.4) is 0 Å². The third-order valence-electron chi connectivity index (χ3n) is 5.97. The number of hydrogen-bond acceptors (Lipinski definition) is 7. The Kier molecular flexibility index (Phi) is 8.32. The molecule has 36 heavy (non-hydrogen) atoms. The maximum absolute atomic E-state index is 12.8. The maximum Gasteiger partial charge on any atom is 0.341 e. The first-order valence-electron chi connectivity index (χ1n) is 11.6. The maximum atomic E-state index is 12.8. The van der Waals surface area contributed by atoms with Crippen molar-refractivity contribution in [3.05, 3.63) is 70.1 Å². The quantitative estimate of drug-likeness (QED) is 0.292. The van der Waals surface area contributed by atoms with Crippen molar-refractivity contribution < 1.29 is 23.9 Å². The summed E-state index contributed by atoms with van der Waals surface area (Å²) in [5, 5.41) is 6.36. The lowest BCUT2D eigenvalue weighted by Gasteiger charge is -2.18. The fourth-order valence-corrected chi connectivity index (χ4v) is 6.25. The molecule has 0 spiro atoms. The molecule has 2 N–H and O–H groups in total. The molecule has 1 unspecified atom stereocenters. The van der Waals surface area contributed by atoms with E-state index in [1.807, 2.05) is 18.2 Å². The van der Waals surface area contributed by atoms with E-state index in [0.29, 0.717) is 33.5 Å². The summed E-state index contributed by atoms with van der Waals surface area (Å²) in [7, 11) is 2.94. The van der Waals surface area contributed by atoms with E-state index in [9.17, 15) is 14.4 Å². The summed E-state index contributed by atoms with van der Waals surface area (Å²) in [5.41, 5.74) is 2.65. The van der Waals surface area contributed by atoms with Crippen LogP contribution in [-0.4, -0.2) is 37.8 Å². The average molecular weight is 525 g/mol. The van der Waals surface area contributed by atoms with Crippen LogP contribution in [0.1, 0.15) is 44.5 Å². The molecule has 1 atom stereocenters. The van der Waals surface area contributed by atoms with Crippen molar-refractivity contribution in [2.75, 3.05) is 30.6 Å². The van der Waals surface area contributed by atoms with Crippen molar-refractivity contribution in [2.45, 2.75) is 31.1 Å². The molecule has 1 aromatic heterocycles. The Morgan fingerprint density at radius 3 is 2.58 bits per heavy atom. The Morgan fingerprint density at radius 2 is 1.86 bits per heavy atom. The van der Waals surface area contributed by atoms with Crippen LogP contribution in [-0.2, 0) is 22.4 Å². The van der Waals surface area contributed by atoms with Crippen LogP contribution >= 0.6 is 23.1 Å². The molecular weight excluding hydrogens is 496 g/mol. The third kappa shape index (κ3) is 6.09. The van der Waals surface area contributed by atoms with Crippen LogP contribution in [0.15, 0.2) is 53.4 Å². The SMILES string of the molecule is COC(=O)c1c(NC(=O)CSc2cccc(NC(=O)c3ccc(OC)cc3)c2)sc2c1CCC(C)C2. The van der Waals surface area contributed by atoms with Crippen molar-refractivity contribution in [2.24, 2.45) is 5.92 Å². The van der Waals surface area contributed by atoms with Gasteiger partial charge in [0.2, 0.25) is 5.91 Å². The van der Waals surface area contributed by atoms with E-state index < -0.39 is 5.97 Å². The predicted molar refractivity (Wildman–Crippen MR) is 144 cm³/mol. The van der Waals surface area contributed by atoms with Gasteiger partial charge in [-0.25, -0.2) is 4.79 Å². The molecule has 0 aliphatic heterocycles. The number of thioether (sulfide) groups is 1. The van der Waals surface area contributed by atoms with Crippen LogP contribution in [0.5, 0.6) is 5.75 Å². The van der Waals surface area contributed by atoms with Crippen LogP contribution in [0.4, 0.5) is 10.7 Å². The highest BCUT2D eigenvalue weighted by molar-refractivity contribution is 8.00. The van der Waals surface area contributed by atoms with Gasteiger partial charge in [0.05, 0.1) is 25.5 Å². The molecule has 2 aromatic carbocycles. The summed E-state index contributed by atoms with van der Waals surface area (Å²) in [6.45, 7) is 2.20. The van der Waals surface area contributed by atoms with E-state index in [2.05, 4.69) is 17.6 Å². The fourth-order valence-electron chi connectivity index (χ4n) is 4.08. The average Bonchev–Trinajstić information content (AvgIpc) is 3.23. The number of carbonyl (C=O) groups is 3. The van der Waals surface area contributed by atoms with Crippen molar-refractivity contribution in [3.8, 4) is 5.75 Å². The van der Waals surface area contributed by atoms with Crippen LogP contribution < -0.4 is 15.4 Å². The topological polar surface area (TPSA) is 93.7 Å². The van der Waals surface area contributed by atoms with Gasteiger partial charge in [-0.1, -0.05) is 13.0 Å². The van der Waals surface area contributed by atoms with Gasteiger partial charge in [0, 0.05) is 21.0 Å². The molecule has 0 saturated heterocycles. The molecule has 2 amide bonds. The van der Waals surface area contributed by atoms with Crippen LogP contribution in [0.2, 0.25) is 0 Å². The molecule has 9 heteroatoms. The summed E-state index contributed by atoms with van der Waals surface area (Å²) in [4.78, 5) is 39.8. The number of nitrogens with one attached hydrogen (secondary N) is 2. The van der Waals surface area contributed by atoms with Crippen molar-refractivity contribution in [1.82, 2.24) is 0 Å². The number of thiophene rings is 1. The number of methoxy groups -OCH3 is 2. The number of hydrogen-bond donors (Lipinski definition) is 2. The van der Waals surface area contributed by atoms with Gasteiger partial charge in [0.25, 0.3) is 5.91 Å². The predicted octanol–water partition coefficient (Wildman–Crippen LogP) is 5.65. The highest BCUT2D eigenvalue weighted by atomic mass is 32.2. The summed E-state index contributed by atoms with van der Waals surface area (Å²) in [6.07, 6.45) is 2.74. The van der Waals surface area contributed by atoms with Gasteiger partial charge in [0.1, 0.15) is 10.8 Å². The van der Waals surface area contributed by atoms with Crippen LogP contribution in [0.25, 0.3) is 0 Å². The highest BCUT2D eigenvalue weighted by Gasteiger charge is 2.28. The number of esters is 1. The normalized spacial score (nSPS) is 14.5. The monoisotopic (exact) mass is 524 g/mol. The summed E-state index contributed by atoms with van der Waals surface area (Å²) >= 11 is 2.83. The van der Waals surface area contributed by atoms with Crippen molar-refractivity contribution >= 4 is 51.6 Å². The lowest BCUT2D eigenvalue weighted by Crippen LogP contribution is -2.17. The first kappa shape index (κ1) is 25.8. The zero-order valence-corrected chi connectivity index (χ0v) is 22.0. The van der Waals surface area contributed by atoms with Gasteiger partial charge < -0.3 is 20.1 Å². The van der Waals surface area contributed by atoms with E-state index >= 15 is 0 Å². The molecule has 3 aromatic rings. The molecule has 7 nitrogen and oxygen atoms in total. The first-order valence-corrected chi connectivity index (χ1v) is 13.4. The Hall–Kier alpha value is -3.30. The summed E-state index contributed by atoms with van der Waals surface area (Å²) in [5.74, 6) is 0.547. The van der Waals surface area contributed by atoms with Gasteiger partial charge in [-0.05, 0) is 73.2 Å². The molecule has 188 valence electrons. The minimum Gasteiger partial charge on any atom is -0.497 e. The minimum absolute atomic E-state index is 0.162. The Balaban J connectivity index is 1.38. The van der Waals surface area contributed by atoms with E-state index in [1.54, 1.807) is 37.4 Å². The van der Waals surface area contributed by atoms with E-state index in [1.165, 1.54) is 30.2 Å².